The smallest absolute Gasteiger partial charge is 0.410 e. The van der Waals surface area contributed by atoms with E-state index < -0.39 is 5.60 Å². The molecule has 2 fully saturated rings. The van der Waals surface area contributed by atoms with Gasteiger partial charge in [0.15, 0.2) is 0 Å². The Morgan fingerprint density at radius 2 is 1.28 bits per heavy atom. The summed E-state index contributed by atoms with van der Waals surface area (Å²) in [6.07, 6.45) is 5.73. The maximum absolute atomic E-state index is 11.8. The number of amides is 1. The number of esters is 1. The lowest BCUT2D eigenvalue weighted by Gasteiger charge is -2.27. The summed E-state index contributed by atoms with van der Waals surface area (Å²) >= 11 is 0. The third-order valence-corrected chi connectivity index (χ3v) is 3.63. The van der Waals surface area contributed by atoms with Crippen LogP contribution in [0.25, 0.3) is 0 Å². The maximum atomic E-state index is 11.8. The zero-order valence-corrected chi connectivity index (χ0v) is 16.8. The minimum absolute atomic E-state index is 0.109. The highest BCUT2D eigenvalue weighted by molar-refractivity contribution is 5.81. The Bertz CT molecular complexity index is 428. The summed E-state index contributed by atoms with van der Waals surface area (Å²) in [5.74, 6) is -0.373. The average Bonchev–Trinajstić information content (AvgIpc) is 3.06. The lowest BCUT2D eigenvalue weighted by atomic mass is 10.0. The van der Waals surface area contributed by atoms with Gasteiger partial charge in [-0.05, 0) is 67.2 Å². The van der Waals surface area contributed by atoms with Gasteiger partial charge in [0.05, 0.1) is 0 Å². The number of rotatable bonds is 1. The van der Waals surface area contributed by atoms with E-state index in [-0.39, 0.29) is 17.7 Å². The molecule has 6 heteroatoms. The van der Waals surface area contributed by atoms with Crippen molar-refractivity contribution in [1.29, 1.82) is 0 Å². The standard InChI is InChI=1S/C11H19NO2.C7H12O2.CH4O/c1-11(2,3)14-10(13)12-8-4-5-9(12)7-6-8;1-5-6(8)9-7(2,3)4;1-2/h8-9H,4-7H2,1-3H3;5H,1H2,2-4H3;2H,1H3. The molecule has 0 aromatic heterocycles. The Hall–Kier alpha value is -1.56. The van der Waals surface area contributed by atoms with E-state index in [0.717, 1.165) is 13.2 Å². The molecule has 25 heavy (non-hydrogen) atoms. The minimum Gasteiger partial charge on any atom is -0.457 e. The average molecular weight is 357 g/mol. The van der Waals surface area contributed by atoms with Crippen LogP contribution in [0.2, 0.25) is 0 Å². The van der Waals surface area contributed by atoms with E-state index in [1.54, 1.807) is 0 Å². The number of hydrogen-bond donors (Lipinski definition) is 1. The van der Waals surface area contributed by atoms with Gasteiger partial charge in [0, 0.05) is 25.3 Å². The number of fused-ring (bicyclic) bond motifs is 2. The van der Waals surface area contributed by atoms with Crippen LogP contribution in [0.5, 0.6) is 0 Å². The Balaban J connectivity index is 0.000000458. The van der Waals surface area contributed by atoms with Crippen molar-refractivity contribution >= 4 is 12.1 Å². The van der Waals surface area contributed by atoms with Gasteiger partial charge in [0.1, 0.15) is 11.2 Å². The maximum Gasteiger partial charge on any atom is 0.410 e. The van der Waals surface area contributed by atoms with E-state index in [1.807, 2.05) is 46.4 Å². The summed E-state index contributed by atoms with van der Waals surface area (Å²) in [6, 6.07) is 0.935. The summed E-state index contributed by atoms with van der Waals surface area (Å²) in [5, 5.41) is 7.00. The van der Waals surface area contributed by atoms with Crippen LogP contribution in [0.15, 0.2) is 12.7 Å². The van der Waals surface area contributed by atoms with Crippen LogP contribution in [-0.2, 0) is 14.3 Å². The Labute approximate surface area is 152 Å². The number of nitrogens with zero attached hydrogens (tertiary/aromatic N) is 1. The quantitative estimate of drug-likeness (QED) is 0.572. The molecule has 1 amide bonds. The summed E-state index contributed by atoms with van der Waals surface area (Å²) in [6.45, 7) is 14.5. The van der Waals surface area contributed by atoms with Crippen molar-refractivity contribution in [3.8, 4) is 0 Å². The zero-order chi connectivity index (χ0) is 19.8. The van der Waals surface area contributed by atoms with Crippen LogP contribution in [0.1, 0.15) is 67.2 Å². The fourth-order valence-corrected chi connectivity index (χ4v) is 2.87. The SMILES string of the molecule is C=CC(=O)OC(C)(C)C.CC(C)(C)OC(=O)N1C2CCC1CC2.CO. The molecule has 2 heterocycles. The van der Waals surface area contributed by atoms with Crippen LogP contribution < -0.4 is 0 Å². The Morgan fingerprint density at radius 3 is 1.52 bits per heavy atom. The molecule has 0 spiro atoms. The Morgan fingerprint density at radius 1 is 0.920 bits per heavy atom. The largest absolute Gasteiger partial charge is 0.457 e. The van der Waals surface area contributed by atoms with Crippen LogP contribution in [-0.4, -0.2) is 52.5 Å². The van der Waals surface area contributed by atoms with Crippen molar-refractivity contribution in [3.05, 3.63) is 12.7 Å². The topological polar surface area (TPSA) is 76.1 Å². The first-order chi connectivity index (χ1) is 11.4. The lowest BCUT2D eigenvalue weighted by molar-refractivity contribution is -0.148. The molecule has 0 aromatic rings. The molecule has 146 valence electrons. The first-order valence-electron chi connectivity index (χ1n) is 8.74. The minimum atomic E-state index is -0.398. The van der Waals surface area contributed by atoms with Crippen LogP contribution >= 0.6 is 0 Å². The zero-order valence-electron chi connectivity index (χ0n) is 16.8. The van der Waals surface area contributed by atoms with Crippen LogP contribution in [0, 0.1) is 0 Å². The number of carbonyl (C=O) groups is 2. The second kappa shape index (κ2) is 9.80. The van der Waals surface area contributed by atoms with Gasteiger partial charge in [0.2, 0.25) is 0 Å². The summed E-state index contributed by atoms with van der Waals surface area (Å²) in [4.78, 5) is 24.3. The van der Waals surface area contributed by atoms with Gasteiger partial charge in [-0.25, -0.2) is 9.59 Å². The summed E-state index contributed by atoms with van der Waals surface area (Å²) < 4.78 is 10.2. The number of hydrogen-bond acceptors (Lipinski definition) is 5. The van der Waals surface area contributed by atoms with E-state index in [4.69, 9.17) is 14.6 Å². The molecule has 2 aliphatic rings. The monoisotopic (exact) mass is 357 g/mol. The van der Waals surface area contributed by atoms with Gasteiger partial charge >= 0.3 is 12.1 Å². The van der Waals surface area contributed by atoms with E-state index in [2.05, 4.69) is 6.58 Å². The molecule has 0 aliphatic carbocycles. The second-order valence-electron chi connectivity index (χ2n) is 8.09. The highest BCUT2D eigenvalue weighted by Crippen LogP contribution is 2.38. The van der Waals surface area contributed by atoms with Gasteiger partial charge in [-0.1, -0.05) is 6.58 Å². The van der Waals surface area contributed by atoms with Crippen LogP contribution in [0.3, 0.4) is 0 Å². The van der Waals surface area contributed by atoms with Crippen molar-refractivity contribution < 1.29 is 24.2 Å². The third kappa shape index (κ3) is 8.91. The third-order valence-electron chi connectivity index (χ3n) is 3.63. The highest BCUT2D eigenvalue weighted by Gasteiger charge is 2.43. The first-order valence-corrected chi connectivity index (χ1v) is 8.74. The predicted molar refractivity (Wildman–Crippen MR) is 98.3 cm³/mol. The molecule has 0 aromatic carbocycles. The normalized spacial score (nSPS) is 21.4. The molecule has 2 saturated heterocycles. The summed E-state index contributed by atoms with van der Waals surface area (Å²) in [7, 11) is 1.00. The molecule has 0 atom stereocenters. The first kappa shape index (κ1) is 23.4. The van der Waals surface area contributed by atoms with Gasteiger partial charge in [-0.3, -0.25) is 0 Å². The number of ether oxygens (including phenoxy) is 2. The lowest BCUT2D eigenvalue weighted by Crippen LogP contribution is -2.39. The molecule has 2 aliphatic heterocycles. The number of carbonyl (C=O) groups excluding carboxylic acids is 2. The molecule has 1 N–H and O–H groups in total. The highest BCUT2D eigenvalue weighted by atomic mass is 16.6. The number of aliphatic hydroxyl groups is 1. The number of aliphatic hydroxyl groups excluding tert-OH is 1. The van der Waals surface area contributed by atoms with E-state index in [1.165, 1.54) is 25.7 Å². The van der Waals surface area contributed by atoms with Crippen molar-refractivity contribution in [2.24, 2.45) is 0 Å². The molecule has 6 nitrogen and oxygen atoms in total. The second-order valence-corrected chi connectivity index (χ2v) is 8.09. The molecule has 2 rings (SSSR count). The molecule has 0 unspecified atom stereocenters. The summed E-state index contributed by atoms with van der Waals surface area (Å²) in [5.41, 5.74) is -0.760. The van der Waals surface area contributed by atoms with E-state index in [0.29, 0.717) is 12.1 Å². The molecule has 0 radical (unpaired) electrons. The molecular formula is C19H35NO5. The van der Waals surface area contributed by atoms with E-state index in [9.17, 15) is 9.59 Å². The van der Waals surface area contributed by atoms with Crippen molar-refractivity contribution in [2.75, 3.05) is 7.11 Å². The van der Waals surface area contributed by atoms with Crippen molar-refractivity contribution in [3.63, 3.8) is 0 Å². The fraction of sp³-hybridized carbons (Fsp3) is 0.789. The van der Waals surface area contributed by atoms with Gasteiger partial charge < -0.3 is 19.5 Å². The van der Waals surface area contributed by atoms with Crippen molar-refractivity contribution in [2.45, 2.75) is 90.5 Å². The van der Waals surface area contributed by atoms with Crippen molar-refractivity contribution in [1.82, 2.24) is 4.90 Å². The van der Waals surface area contributed by atoms with Gasteiger partial charge in [-0.15, -0.1) is 0 Å². The predicted octanol–water partition coefficient (Wildman–Crippen LogP) is 3.67. The van der Waals surface area contributed by atoms with E-state index >= 15 is 0 Å². The molecule has 2 bridgehead atoms. The molecular weight excluding hydrogens is 322 g/mol. The van der Waals surface area contributed by atoms with Gasteiger partial charge in [-0.2, -0.15) is 0 Å². The van der Waals surface area contributed by atoms with Gasteiger partial charge in [0.25, 0.3) is 0 Å². The molecule has 0 saturated carbocycles. The Kier molecular flexibility index (Phi) is 9.19. The van der Waals surface area contributed by atoms with Crippen LogP contribution in [0.4, 0.5) is 4.79 Å². The fourth-order valence-electron chi connectivity index (χ4n) is 2.87.